The smallest absolute Gasteiger partial charge is 0.0756 e. The van der Waals surface area contributed by atoms with Crippen LogP contribution < -0.4 is 5.73 Å². The molecule has 0 spiro atoms. The average Bonchev–Trinajstić information content (AvgIpc) is 1.85. The van der Waals surface area contributed by atoms with Gasteiger partial charge in [0.1, 0.15) is 0 Å². The van der Waals surface area contributed by atoms with Crippen LogP contribution in [-0.2, 0) is 4.74 Å². The highest BCUT2D eigenvalue weighted by molar-refractivity contribution is 7.80. The van der Waals surface area contributed by atoms with Crippen molar-refractivity contribution in [2.45, 2.75) is 38.2 Å². The van der Waals surface area contributed by atoms with Crippen LogP contribution in [0.2, 0.25) is 0 Å². The number of hydrogen-bond donors (Lipinski definition) is 1. The molecule has 0 amide bonds. The van der Waals surface area contributed by atoms with Crippen molar-refractivity contribution in [3.05, 3.63) is 0 Å². The van der Waals surface area contributed by atoms with E-state index >= 15 is 0 Å². The first-order chi connectivity index (χ1) is 5.12. The molecule has 2 N–H and O–H groups in total. The van der Waals surface area contributed by atoms with E-state index in [1.54, 1.807) is 0 Å². The molecule has 0 aromatic carbocycles. The maximum absolute atomic E-state index is 5.61. The molecular weight excluding hydrogens is 158 g/mol. The van der Waals surface area contributed by atoms with Crippen LogP contribution in [0.3, 0.4) is 0 Å². The summed E-state index contributed by atoms with van der Waals surface area (Å²) in [5, 5.41) is 0. The van der Waals surface area contributed by atoms with Crippen molar-refractivity contribution in [1.82, 2.24) is 0 Å². The second kappa shape index (κ2) is 3.50. The molecule has 3 heteroatoms. The molecule has 64 valence electrons. The normalized spacial score (nSPS) is 31.7. The van der Waals surface area contributed by atoms with Crippen molar-refractivity contribution in [2.75, 3.05) is 6.61 Å². The Kier molecular flexibility index (Phi) is 2.84. The molecule has 1 atom stereocenters. The molecule has 1 unspecified atom stereocenters. The Bertz CT molecular complexity index is 152. The van der Waals surface area contributed by atoms with E-state index in [4.69, 9.17) is 22.7 Å². The zero-order valence-corrected chi connectivity index (χ0v) is 7.75. The Labute approximate surface area is 73.1 Å². The second-order valence-corrected chi connectivity index (χ2v) is 3.92. The summed E-state index contributed by atoms with van der Waals surface area (Å²) < 4.78 is 5.61. The fraction of sp³-hybridized carbons (Fsp3) is 0.875. The second-order valence-electron chi connectivity index (χ2n) is 3.40. The van der Waals surface area contributed by atoms with Crippen molar-refractivity contribution in [1.29, 1.82) is 0 Å². The number of rotatable bonds is 2. The van der Waals surface area contributed by atoms with Crippen molar-refractivity contribution < 1.29 is 4.74 Å². The van der Waals surface area contributed by atoms with Gasteiger partial charge in [0.25, 0.3) is 0 Å². The van der Waals surface area contributed by atoms with Crippen molar-refractivity contribution >= 4 is 17.2 Å². The Morgan fingerprint density at radius 3 is 2.82 bits per heavy atom. The van der Waals surface area contributed by atoms with Crippen LogP contribution in [0.15, 0.2) is 0 Å². The van der Waals surface area contributed by atoms with Crippen LogP contribution >= 0.6 is 12.2 Å². The standard InChI is InChI=1S/C8H15NOS/c1-8(6-7(9)11)4-2-3-5-10-8/h2-6H2,1H3,(H2,9,11). The maximum Gasteiger partial charge on any atom is 0.0756 e. The lowest BCUT2D eigenvalue weighted by molar-refractivity contribution is -0.0593. The maximum atomic E-state index is 5.61. The van der Waals surface area contributed by atoms with Gasteiger partial charge in [0, 0.05) is 13.0 Å². The van der Waals surface area contributed by atoms with Crippen LogP contribution in [0.4, 0.5) is 0 Å². The third kappa shape index (κ3) is 2.75. The quantitative estimate of drug-likeness (QED) is 0.644. The molecule has 1 fully saturated rings. The fourth-order valence-electron chi connectivity index (χ4n) is 1.50. The molecular formula is C8H15NOS. The van der Waals surface area contributed by atoms with Crippen molar-refractivity contribution in [2.24, 2.45) is 5.73 Å². The van der Waals surface area contributed by atoms with Gasteiger partial charge in [-0.2, -0.15) is 0 Å². The summed E-state index contributed by atoms with van der Waals surface area (Å²) in [6, 6.07) is 0. The molecule has 0 radical (unpaired) electrons. The summed E-state index contributed by atoms with van der Waals surface area (Å²) in [5.74, 6) is 0. The van der Waals surface area contributed by atoms with Gasteiger partial charge in [-0.1, -0.05) is 12.2 Å². The zero-order chi connectivity index (χ0) is 8.32. The monoisotopic (exact) mass is 173 g/mol. The Morgan fingerprint density at radius 2 is 2.36 bits per heavy atom. The average molecular weight is 173 g/mol. The molecule has 0 bridgehead atoms. The van der Waals surface area contributed by atoms with Crippen LogP contribution in [0.1, 0.15) is 32.6 Å². The summed E-state index contributed by atoms with van der Waals surface area (Å²) in [5.41, 5.74) is 5.39. The van der Waals surface area contributed by atoms with E-state index in [2.05, 4.69) is 6.92 Å². The summed E-state index contributed by atoms with van der Waals surface area (Å²) in [4.78, 5) is 0.564. The number of nitrogens with two attached hydrogens (primary N) is 1. The minimum Gasteiger partial charge on any atom is -0.393 e. The number of thiocarbonyl (C=S) groups is 1. The fourth-order valence-corrected chi connectivity index (χ4v) is 1.81. The minimum atomic E-state index is -0.0654. The van der Waals surface area contributed by atoms with Gasteiger partial charge in [-0.25, -0.2) is 0 Å². The van der Waals surface area contributed by atoms with E-state index in [0.717, 1.165) is 19.4 Å². The number of hydrogen-bond acceptors (Lipinski definition) is 2. The third-order valence-electron chi connectivity index (χ3n) is 2.10. The van der Waals surface area contributed by atoms with Crippen LogP contribution in [0.25, 0.3) is 0 Å². The van der Waals surface area contributed by atoms with Gasteiger partial charge in [-0.05, 0) is 26.2 Å². The Morgan fingerprint density at radius 1 is 1.64 bits per heavy atom. The largest absolute Gasteiger partial charge is 0.393 e. The zero-order valence-electron chi connectivity index (χ0n) is 6.93. The van der Waals surface area contributed by atoms with Crippen LogP contribution in [-0.4, -0.2) is 17.2 Å². The predicted molar refractivity (Wildman–Crippen MR) is 49.6 cm³/mol. The Hall–Kier alpha value is -0.150. The summed E-state index contributed by atoms with van der Waals surface area (Å²) in [6.45, 7) is 2.95. The Balaban J connectivity index is 2.43. The lowest BCUT2D eigenvalue weighted by Gasteiger charge is -2.33. The van der Waals surface area contributed by atoms with Gasteiger partial charge in [0.2, 0.25) is 0 Å². The lowest BCUT2D eigenvalue weighted by Crippen LogP contribution is -2.36. The highest BCUT2D eigenvalue weighted by Gasteiger charge is 2.28. The SMILES string of the molecule is CC1(CC(N)=S)CCCCO1. The molecule has 1 rings (SSSR count). The molecule has 1 aliphatic heterocycles. The highest BCUT2D eigenvalue weighted by atomic mass is 32.1. The van der Waals surface area contributed by atoms with E-state index in [9.17, 15) is 0 Å². The van der Waals surface area contributed by atoms with Gasteiger partial charge in [0.05, 0.1) is 10.6 Å². The van der Waals surface area contributed by atoms with Crippen molar-refractivity contribution in [3.63, 3.8) is 0 Å². The van der Waals surface area contributed by atoms with Gasteiger partial charge in [-0.15, -0.1) is 0 Å². The van der Waals surface area contributed by atoms with Gasteiger partial charge in [0.15, 0.2) is 0 Å². The van der Waals surface area contributed by atoms with Gasteiger partial charge in [-0.3, -0.25) is 0 Å². The molecule has 11 heavy (non-hydrogen) atoms. The molecule has 0 aliphatic carbocycles. The topological polar surface area (TPSA) is 35.2 Å². The molecule has 0 aromatic rings. The summed E-state index contributed by atoms with van der Waals surface area (Å²) in [6.07, 6.45) is 4.22. The highest BCUT2D eigenvalue weighted by Crippen LogP contribution is 2.27. The van der Waals surface area contributed by atoms with Crippen LogP contribution in [0, 0.1) is 0 Å². The van der Waals surface area contributed by atoms with E-state index < -0.39 is 0 Å². The van der Waals surface area contributed by atoms with Crippen molar-refractivity contribution in [3.8, 4) is 0 Å². The van der Waals surface area contributed by atoms with Crippen LogP contribution in [0.5, 0.6) is 0 Å². The van der Waals surface area contributed by atoms with Gasteiger partial charge < -0.3 is 10.5 Å². The first-order valence-electron chi connectivity index (χ1n) is 4.05. The first kappa shape index (κ1) is 8.94. The molecule has 2 nitrogen and oxygen atoms in total. The predicted octanol–water partition coefficient (Wildman–Crippen LogP) is 1.62. The lowest BCUT2D eigenvalue weighted by atomic mass is 9.93. The minimum absolute atomic E-state index is 0.0654. The molecule has 1 saturated heterocycles. The van der Waals surface area contributed by atoms with E-state index in [1.165, 1.54) is 12.8 Å². The van der Waals surface area contributed by atoms with Gasteiger partial charge >= 0.3 is 0 Å². The summed E-state index contributed by atoms with van der Waals surface area (Å²) in [7, 11) is 0. The molecule has 1 heterocycles. The van der Waals surface area contributed by atoms with E-state index in [1.807, 2.05) is 0 Å². The van der Waals surface area contributed by atoms with E-state index in [0.29, 0.717) is 4.99 Å². The molecule has 1 aliphatic rings. The van der Waals surface area contributed by atoms with E-state index in [-0.39, 0.29) is 5.60 Å². The molecule has 0 aromatic heterocycles. The first-order valence-corrected chi connectivity index (χ1v) is 4.45. The number of ether oxygens (including phenoxy) is 1. The molecule has 0 saturated carbocycles. The summed E-state index contributed by atoms with van der Waals surface area (Å²) >= 11 is 4.85. The third-order valence-corrected chi connectivity index (χ3v) is 2.24.